The van der Waals surface area contributed by atoms with Crippen LogP contribution in [0.1, 0.15) is 30.5 Å². The maximum atomic E-state index is 12.0. The van der Waals surface area contributed by atoms with Gasteiger partial charge in [-0.3, -0.25) is 9.78 Å². The second kappa shape index (κ2) is 7.84. The summed E-state index contributed by atoms with van der Waals surface area (Å²) in [5.74, 6) is -0.435. The molecular formula is C16H12Cl2N6O4. The summed E-state index contributed by atoms with van der Waals surface area (Å²) >= 11 is 12.6. The predicted molar refractivity (Wildman–Crippen MR) is 99.0 cm³/mol. The van der Waals surface area contributed by atoms with E-state index in [-0.39, 0.29) is 28.0 Å². The minimum Gasteiger partial charge on any atom is -0.392 e. The fourth-order valence-electron chi connectivity index (χ4n) is 2.45. The third-order valence-electron chi connectivity index (χ3n) is 3.72. The molecule has 0 amide bonds. The number of nitrogens with one attached hydrogen (secondary N) is 1. The molecule has 0 fully saturated rings. The second-order valence-corrected chi connectivity index (χ2v) is 6.50. The minimum absolute atomic E-state index is 0.0568. The number of nitrogens with zero attached hydrogens (tertiary/aromatic N) is 5. The Balaban J connectivity index is 2.02. The molecule has 144 valence electrons. The molecule has 1 N–H and O–H groups in total. The fourth-order valence-corrected chi connectivity index (χ4v) is 3.06. The van der Waals surface area contributed by atoms with Crippen LogP contribution in [0.25, 0.3) is 5.69 Å². The first-order chi connectivity index (χ1) is 13.3. The molecule has 2 heterocycles. The number of aryl methyl sites for hydroxylation is 1. The Morgan fingerprint density at radius 2 is 1.89 bits per heavy atom. The van der Waals surface area contributed by atoms with Crippen LogP contribution in [-0.2, 0) is 13.0 Å². The zero-order chi connectivity index (χ0) is 20.4. The van der Waals surface area contributed by atoms with Crippen molar-refractivity contribution in [1.29, 1.82) is 5.26 Å². The number of rotatable bonds is 5. The molecule has 0 spiro atoms. The van der Waals surface area contributed by atoms with E-state index in [1.807, 2.05) is 11.9 Å². The molecule has 0 aliphatic carbocycles. The van der Waals surface area contributed by atoms with Crippen LogP contribution in [0.3, 0.4) is 0 Å². The van der Waals surface area contributed by atoms with Crippen LogP contribution < -0.4 is 17.0 Å². The van der Waals surface area contributed by atoms with Gasteiger partial charge in [-0.1, -0.05) is 30.1 Å². The van der Waals surface area contributed by atoms with Crippen LogP contribution in [0.15, 0.2) is 30.9 Å². The third-order valence-corrected chi connectivity index (χ3v) is 4.39. The molecule has 3 aromatic rings. The van der Waals surface area contributed by atoms with Crippen molar-refractivity contribution in [3.05, 3.63) is 70.7 Å². The highest BCUT2D eigenvalue weighted by Crippen LogP contribution is 2.29. The zero-order valence-corrected chi connectivity index (χ0v) is 15.9. The maximum Gasteiger partial charge on any atom is 0.437 e. The van der Waals surface area contributed by atoms with Crippen LogP contribution in [-0.4, -0.2) is 24.5 Å². The minimum atomic E-state index is -0.893. The van der Waals surface area contributed by atoms with Gasteiger partial charge in [-0.15, -0.1) is 10.2 Å². The number of benzene rings is 1. The first-order valence-corrected chi connectivity index (χ1v) is 8.78. The molecule has 0 bridgehead atoms. The van der Waals surface area contributed by atoms with Gasteiger partial charge in [0.1, 0.15) is 6.07 Å². The number of aromatic nitrogens is 5. The first-order valence-electron chi connectivity index (χ1n) is 8.03. The lowest BCUT2D eigenvalue weighted by Gasteiger charge is -2.09. The highest BCUT2D eigenvalue weighted by atomic mass is 35.5. The molecule has 0 aliphatic rings. The summed E-state index contributed by atoms with van der Waals surface area (Å²) in [4.78, 5) is 37.2. The summed E-state index contributed by atoms with van der Waals surface area (Å²) in [5, 5.41) is 17.0. The summed E-state index contributed by atoms with van der Waals surface area (Å²) in [6, 6.07) is 4.36. The van der Waals surface area contributed by atoms with Crippen molar-refractivity contribution in [1.82, 2.24) is 24.5 Å². The van der Waals surface area contributed by atoms with Gasteiger partial charge in [0.2, 0.25) is 11.6 Å². The van der Waals surface area contributed by atoms with E-state index in [1.165, 1.54) is 16.8 Å². The number of halogens is 2. The lowest BCUT2D eigenvalue weighted by atomic mass is 10.1. The monoisotopic (exact) mass is 422 g/mol. The molecule has 10 nitrogen and oxygen atoms in total. The Morgan fingerprint density at radius 1 is 1.21 bits per heavy atom. The lowest BCUT2D eigenvalue weighted by molar-refractivity contribution is 0.450. The highest BCUT2D eigenvalue weighted by molar-refractivity contribution is 6.36. The number of H-pyrrole nitrogens is 1. The van der Waals surface area contributed by atoms with Gasteiger partial charge < -0.3 is 4.42 Å². The van der Waals surface area contributed by atoms with Gasteiger partial charge >= 0.3 is 11.4 Å². The maximum absolute atomic E-state index is 12.0. The van der Waals surface area contributed by atoms with Crippen molar-refractivity contribution in [2.75, 3.05) is 0 Å². The molecule has 3 rings (SSSR count). The molecule has 12 heteroatoms. The molecule has 0 saturated carbocycles. The van der Waals surface area contributed by atoms with E-state index in [0.29, 0.717) is 18.5 Å². The normalized spacial score (nSPS) is 10.8. The molecule has 1 aromatic carbocycles. The average molecular weight is 423 g/mol. The van der Waals surface area contributed by atoms with E-state index in [0.717, 1.165) is 4.68 Å². The quantitative estimate of drug-likeness (QED) is 0.651. The van der Waals surface area contributed by atoms with Gasteiger partial charge in [-0.05, 0) is 24.1 Å². The molecule has 0 saturated heterocycles. The number of nitriles is 1. The van der Waals surface area contributed by atoms with Crippen molar-refractivity contribution in [2.24, 2.45) is 0 Å². The first kappa shape index (κ1) is 19.6. The topological polar surface area (TPSA) is 140 Å². The summed E-state index contributed by atoms with van der Waals surface area (Å²) in [6.07, 6.45) is 0.773. The molecule has 0 unspecified atom stereocenters. The lowest BCUT2D eigenvalue weighted by Crippen LogP contribution is -2.33. The molecule has 0 aliphatic heterocycles. The van der Waals surface area contributed by atoms with Crippen molar-refractivity contribution in [3.8, 4) is 11.8 Å². The van der Waals surface area contributed by atoms with E-state index >= 15 is 0 Å². The Bertz CT molecular complexity index is 1240. The van der Waals surface area contributed by atoms with E-state index in [9.17, 15) is 14.4 Å². The van der Waals surface area contributed by atoms with E-state index in [4.69, 9.17) is 32.9 Å². The highest BCUT2D eigenvalue weighted by Gasteiger charge is 2.16. The van der Waals surface area contributed by atoms with E-state index in [1.54, 1.807) is 6.07 Å². The molecular weight excluding hydrogens is 411 g/mol. The van der Waals surface area contributed by atoms with Crippen molar-refractivity contribution in [2.45, 2.75) is 26.3 Å². The molecule has 2 aromatic heterocycles. The van der Waals surface area contributed by atoms with Crippen LogP contribution in [0.4, 0.5) is 0 Å². The predicted octanol–water partition coefficient (Wildman–Crippen LogP) is 1.25. The van der Waals surface area contributed by atoms with Crippen LogP contribution in [0, 0.1) is 11.3 Å². The standard InChI is InChI=1S/C16H12Cl2N6O4/c1-2-3-23-16(27)28-13(22-23)6-9-10(17)4-8(5-11(9)18)24-15(26)20-14(25)12(7-19)21-24/h4-5H,2-3,6H2,1H3,(H,20,25,26). The van der Waals surface area contributed by atoms with Crippen LogP contribution >= 0.6 is 23.2 Å². The van der Waals surface area contributed by atoms with E-state index in [2.05, 4.69) is 10.2 Å². The summed E-state index contributed by atoms with van der Waals surface area (Å²) < 4.78 is 7.10. The van der Waals surface area contributed by atoms with Crippen LogP contribution in [0.2, 0.25) is 10.0 Å². The summed E-state index contributed by atoms with van der Waals surface area (Å²) in [5.41, 5.74) is -1.66. The molecule has 0 atom stereocenters. The van der Waals surface area contributed by atoms with Gasteiger partial charge in [-0.2, -0.15) is 14.6 Å². The Labute approximate surface area is 166 Å². The van der Waals surface area contributed by atoms with Gasteiger partial charge in [0.05, 0.1) is 12.1 Å². The van der Waals surface area contributed by atoms with Crippen molar-refractivity contribution in [3.63, 3.8) is 0 Å². The number of hydrogen-bond donors (Lipinski definition) is 1. The van der Waals surface area contributed by atoms with Gasteiger partial charge in [0.25, 0.3) is 5.56 Å². The second-order valence-electron chi connectivity index (χ2n) is 5.68. The van der Waals surface area contributed by atoms with E-state index < -0.39 is 22.7 Å². The zero-order valence-electron chi connectivity index (χ0n) is 14.4. The number of hydrogen-bond acceptors (Lipinski definition) is 7. The SMILES string of the molecule is CCCn1nc(Cc2c(Cl)cc(-n3nc(C#N)c(=O)[nH]c3=O)cc2Cl)oc1=O. The van der Waals surface area contributed by atoms with Gasteiger partial charge in [-0.25, -0.2) is 9.59 Å². The van der Waals surface area contributed by atoms with Crippen LogP contribution in [0.5, 0.6) is 0 Å². The van der Waals surface area contributed by atoms with Crippen molar-refractivity contribution < 1.29 is 4.42 Å². The summed E-state index contributed by atoms with van der Waals surface area (Å²) in [7, 11) is 0. The summed E-state index contributed by atoms with van der Waals surface area (Å²) in [6.45, 7) is 2.32. The number of aromatic amines is 1. The third kappa shape index (κ3) is 3.76. The average Bonchev–Trinajstić information content (AvgIpc) is 2.98. The van der Waals surface area contributed by atoms with Gasteiger partial charge in [0.15, 0.2) is 0 Å². The van der Waals surface area contributed by atoms with Crippen molar-refractivity contribution >= 4 is 23.2 Å². The Hall–Kier alpha value is -3.16. The fraction of sp³-hybridized carbons (Fsp3) is 0.250. The molecule has 28 heavy (non-hydrogen) atoms. The smallest absolute Gasteiger partial charge is 0.392 e. The molecule has 0 radical (unpaired) electrons. The Morgan fingerprint density at radius 3 is 2.50 bits per heavy atom. The Kier molecular flexibility index (Phi) is 5.48. The largest absolute Gasteiger partial charge is 0.437 e. The van der Waals surface area contributed by atoms with Gasteiger partial charge in [0, 0.05) is 16.6 Å².